The van der Waals surface area contributed by atoms with Gasteiger partial charge in [0, 0.05) is 12.6 Å². The highest BCUT2D eigenvalue weighted by molar-refractivity contribution is 5.70. The van der Waals surface area contributed by atoms with Gasteiger partial charge >= 0.3 is 0 Å². The molecule has 2 aromatic rings. The minimum Gasteiger partial charge on any atom is -0.504 e. The zero-order valence-corrected chi connectivity index (χ0v) is 11.3. The lowest BCUT2D eigenvalue weighted by atomic mass is 10.0. The van der Waals surface area contributed by atoms with Crippen molar-refractivity contribution in [1.82, 2.24) is 9.78 Å². The van der Waals surface area contributed by atoms with Gasteiger partial charge in [0.15, 0.2) is 5.75 Å². The molecule has 96 valence electrons. The minimum absolute atomic E-state index is 0.334. The highest BCUT2D eigenvalue weighted by atomic mass is 16.3. The average Bonchev–Trinajstić information content (AvgIpc) is 2.63. The summed E-state index contributed by atoms with van der Waals surface area (Å²) in [5.74, 6) is 0.334. The predicted octanol–water partition coefficient (Wildman–Crippen LogP) is 3.44. The lowest BCUT2D eigenvalue weighted by molar-refractivity contribution is 0.468. The fraction of sp³-hybridized carbons (Fsp3) is 0.400. The second-order valence-electron chi connectivity index (χ2n) is 4.69. The van der Waals surface area contributed by atoms with Crippen molar-refractivity contribution in [2.45, 2.75) is 33.1 Å². The smallest absolute Gasteiger partial charge is 0.164 e. The Kier molecular flexibility index (Phi) is 3.70. The van der Waals surface area contributed by atoms with Crippen molar-refractivity contribution in [2.75, 3.05) is 0 Å². The fourth-order valence-corrected chi connectivity index (χ4v) is 2.22. The van der Waals surface area contributed by atoms with Crippen LogP contribution in [0.5, 0.6) is 5.75 Å². The van der Waals surface area contributed by atoms with Gasteiger partial charge in [-0.1, -0.05) is 37.6 Å². The molecule has 0 atom stereocenters. The van der Waals surface area contributed by atoms with E-state index < -0.39 is 0 Å². The van der Waals surface area contributed by atoms with E-state index >= 15 is 0 Å². The maximum absolute atomic E-state index is 10.3. The van der Waals surface area contributed by atoms with Crippen LogP contribution in [-0.4, -0.2) is 14.9 Å². The average molecular weight is 244 g/mol. The number of aromatic nitrogens is 2. The molecule has 0 aliphatic heterocycles. The number of nitrogens with zero attached hydrogens (tertiary/aromatic N) is 2. The molecule has 0 unspecified atom stereocenters. The fourth-order valence-electron chi connectivity index (χ4n) is 2.22. The maximum Gasteiger partial charge on any atom is 0.164 e. The molecule has 1 N–H and O–H groups in total. The summed E-state index contributed by atoms with van der Waals surface area (Å²) in [4.78, 5) is 0. The van der Waals surface area contributed by atoms with Gasteiger partial charge < -0.3 is 5.11 Å². The predicted molar refractivity (Wildman–Crippen MR) is 73.7 cm³/mol. The Morgan fingerprint density at radius 1 is 1.28 bits per heavy atom. The van der Waals surface area contributed by atoms with Crippen molar-refractivity contribution in [2.24, 2.45) is 7.05 Å². The highest BCUT2D eigenvalue weighted by Crippen LogP contribution is 2.34. The van der Waals surface area contributed by atoms with Crippen molar-refractivity contribution in [1.29, 1.82) is 0 Å². The molecular weight excluding hydrogens is 224 g/mol. The first-order valence-corrected chi connectivity index (χ1v) is 6.46. The van der Waals surface area contributed by atoms with Gasteiger partial charge in [0.25, 0.3) is 0 Å². The van der Waals surface area contributed by atoms with Gasteiger partial charge in [-0.2, -0.15) is 5.10 Å². The van der Waals surface area contributed by atoms with E-state index in [0.717, 1.165) is 41.8 Å². The van der Waals surface area contributed by atoms with Gasteiger partial charge in [-0.25, -0.2) is 0 Å². The maximum atomic E-state index is 10.3. The van der Waals surface area contributed by atoms with Gasteiger partial charge in [0.05, 0.1) is 0 Å². The largest absolute Gasteiger partial charge is 0.504 e. The van der Waals surface area contributed by atoms with Crippen LogP contribution in [0.1, 0.15) is 31.0 Å². The van der Waals surface area contributed by atoms with Gasteiger partial charge in [-0.15, -0.1) is 0 Å². The summed E-state index contributed by atoms with van der Waals surface area (Å²) in [5, 5.41) is 14.8. The van der Waals surface area contributed by atoms with Crippen LogP contribution >= 0.6 is 0 Å². The first kappa shape index (κ1) is 12.7. The van der Waals surface area contributed by atoms with E-state index in [1.165, 1.54) is 0 Å². The van der Waals surface area contributed by atoms with Gasteiger partial charge in [-0.3, -0.25) is 4.68 Å². The number of unbranched alkanes of at least 4 members (excludes halogenated alkanes) is 1. The lowest BCUT2D eigenvalue weighted by Crippen LogP contribution is -1.95. The standard InChI is InChI=1S/C15H20N2O/c1-4-5-10-13-15(18)14(17(3)16-13)12-9-7-6-8-11(12)2/h6-9,18H,4-5,10H2,1-3H3. The molecular formula is C15H20N2O. The van der Waals surface area contributed by atoms with Crippen LogP contribution in [0.2, 0.25) is 0 Å². The summed E-state index contributed by atoms with van der Waals surface area (Å²) < 4.78 is 1.78. The molecule has 0 aliphatic carbocycles. The summed E-state index contributed by atoms with van der Waals surface area (Å²) in [6.45, 7) is 4.19. The van der Waals surface area contributed by atoms with Crippen molar-refractivity contribution >= 4 is 0 Å². The molecule has 18 heavy (non-hydrogen) atoms. The first-order valence-electron chi connectivity index (χ1n) is 6.46. The van der Waals surface area contributed by atoms with Gasteiger partial charge in [0.1, 0.15) is 11.4 Å². The molecule has 2 rings (SSSR count). The zero-order chi connectivity index (χ0) is 13.1. The Labute approximate surface area is 108 Å². The number of hydrogen-bond donors (Lipinski definition) is 1. The molecule has 0 amide bonds. The Morgan fingerprint density at radius 3 is 2.67 bits per heavy atom. The monoisotopic (exact) mass is 244 g/mol. The zero-order valence-electron chi connectivity index (χ0n) is 11.3. The third-order valence-corrected chi connectivity index (χ3v) is 3.26. The first-order chi connectivity index (χ1) is 8.65. The molecule has 0 bridgehead atoms. The molecule has 0 radical (unpaired) electrons. The van der Waals surface area contributed by atoms with Crippen molar-refractivity contribution in [3.8, 4) is 17.0 Å². The molecule has 0 fully saturated rings. The van der Waals surface area contributed by atoms with Crippen LogP contribution in [0.3, 0.4) is 0 Å². The molecule has 1 aromatic heterocycles. The molecule has 1 heterocycles. The van der Waals surface area contributed by atoms with Crippen LogP contribution in [0, 0.1) is 6.92 Å². The Bertz CT molecular complexity index is 543. The molecule has 0 saturated carbocycles. The summed E-state index contributed by atoms with van der Waals surface area (Å²) in [5.41, 5.74) is 3.82. The molecule has 0 aliphatic rings. The van der Waals surface area contributed by atoms with E-state index in [4.69, 9.17) is 0 Å². The van der Waals surface area contributed by atoms with Crippen molar-refractivity contribution < 1.29 is 5.11 Å². The van der Waals surface area contributed by atoms with Crippen molar-refractivity contribution in [3.63, 3.8) is 0 Å². The summed E-state index contributed by atoms with van der Waals surface area (Å²) in [7, 11) is 1.89. The van der Waals surface area contributed by atoms with E-state index in [1.54, 1.807) is 4.68 Å². The SMILES string of the molecule is CCCCc1nn(C)c(-c2ccccc2C)c1O. The van der Waals surface area contributed by atoms with E-state index in [2.05, 4.69) is 12.0 Å². The second kappa shape index (κ2) is 5.25. The molecule has 3 nitrogen and oxygen atoms in total. The Hall–Kier alpha value is -1.77. The van der Waals surface area contributed by atoms with E-state index in [0.29, 0.717) is 5.75 Å². The molecule has 3 heteroatoms. The van der Waals surface area contributed by atoms with Crippen LogP contribution < -0.4 is 0 Å². The van der Waals surface area contributed by atoms with Gasteiger partial charge in [-0.05, 0) is 25.3 Å². The van der Waals surface area contributed by atoms with Crippen LogP contribution in [0.4, 0.5) is 0 Å². The van der Waals surface area contributed by atoms with E-state index in [-0.39, 0.29) is 0 Å². The lowest BCUT2D eigenvalue weighted by Gasteiger charge is -2.06. The number of hydrogen-bond acceptors (Lipinski definition) is 2. The number of benzene rings is 1. The van der Waals surface area contributed by atoms with Crippen LogP contribution in [-0.2, 0) is 13.5 Å². The normalized spacial score (nSPS) is 10.8. The molecule has 0 spiro atoms. The summed E-state index contributed by atoms with van der Waals surface area (Å²) in [6.07, 6.45) is 3.00. The summed E-state index contributed by atoms with van der Waals surface area (Å²) >= 11 is 0. The Morgan fingerprint density at radius 2 is 2.00 bits per heavy atom. The summed E-state index contributed by atoms with van der Waals surface area (Å²) in [6, 6.07) is 8.06. The number of aromatic hydroxyl groups is 1. The van der Waals surface area contributed by atoms with E-state index in [9.17, 15) is 5.11 Å². The topological polar surface area (TPSA) is 38.0 Å². The number of aryl methyl sites for hydroxylation is 3. The van der Waals surface area contributed by atoms with Gasteiger partial charge in [0.2, 0.25) is 0 Å². The molecule has 1 aromatic carbocycles. The number of rotatable bonds is 4. The molecule has 0 saturated heterocycles. The highest BCUT2D eigenvalue weighted by Gasteiger charge is 2.17. The second-order valence-corrected chi connectivity index (χ2v) is 4.69. The van der Waals surface area contributed by atoms with Crippen molar-refractivity contribution in [3.05, 3.63) is 35.5 Å². The van der Waals surface area contributed by atoms with Crippen LogP contribution in [0.25, 0.3) is 11.3 Å². The minimum atomic E-state index is 0.334. The Balaban J connectivity index is 2.46. The third-order valence-electron chi connectivity index (χ3n) is 3.26. The van der Waals surface area contributed by atoms with Crippen LogP contribution in [0.15, 0.2) is 24.3 Å². The quantitative estimate of drug-likeness (QED) is 0.894. The third kappa shape index (κ3) is 2.26. The van der Waals surface area contributed by atoms with E-state index in [1.807, 2.05) is 38.2 Å².